The van der Waals surface area contributed by atoms with Crippen molar-refractivity contribution in [3.05, 3.63) is 97.2 Å². The van der Waals surface area contributed by atoms with Crippen molar-refractivity contribution >= 4 is 17.9 Å². The number of carbonyl (C=O) groups excluding carboxylic acids is 3. The lowest BCUT2D eigenvalue weighted by atomic mass is 10.1. The first kappa shape index (κ1) is 60.3. The Labute approximate surface area is 394 Å². The molecule has 0 radical (unpaired) electrons. The van der Waals surface area contributed by atoms with Crippen molar-refractivity contribution in [3.8, 4) is 0 Å². The van der Waals surface area contributed by atoms with Crippen LogP contribution in [0.4, 0.5) is 0 Å². The second-order valence-corrected chi connectivity index (χ2v) is 17.0. The van der Waals surface area contributed by atoms with Gasteiger partial charge in [-0.25, -0.2) is 0 Å². The topological polar surface area (TPSA) is 78.9 Å². The molecule has 364 valence electrons. The number of rotatable bonds is 46. The molecule has 6 nitrogen and oxygen atoms in total. The first-order chi connectivity index (χ1) is 31.5. The summed E-state index contributed by atoms with van der Waals surface area (Å²) in [7, 11) is 0. The average Bonchev–Trinajstić information content (AvgIpc) is 3.29. The molecule has 0 fully saturated rings. The quantitative estimate of drug-likeness (QED) is 0.0199. The zero-order valence-electron chi connectivity index (χ0n) is 41.5. The van der Waals surface area contributed by atoms with Crippen molar-refractivity contribution in [1.29, 1.82) is 0 Å². The van der Waals surface area contributed by atoms with Crippen LogP contribution in [0.2, 0.25) is 0 Å². The molecule has 0 aliphatic heterocycles. The average molecular weight is 889 g/mol. The molecule has 0 bridgehead atoms. The molecule has 0 spiro atoms. The van der Waals surface area contributed by atoms with E-state index < -0.39 is 6.10 Å². The second-order valence-electron chi connectivity index (χ2n) is 17.0. The summed E-state index contributed by atoms with van der Waals surface area (Å²) < 4.78 is 16.7. The summed E-state index contributed by atoms with van der Waals surface area (Å²) in [4.78, 5) is 37.9. The van der Waals surface area contributed by atoms with Gasteiger partial charge in [0.1, 0.15) is 13.2 Å². The van der Waals surface area contributed by atoms with Crippen LogP contribution in [0.25, 0.3) is 0 Å². The standard InChI is InChI=1S/C58H96O6/c1-4-7-10-13-16-19-21-23-25-27-29-31-32-34-36-39-42-45-48-51-57(60)63-54-55(53-62-56(59)50-47-44-41-38-18-15-12-9-6-3)64-58(61)52-49-46-43-40-37-35-33-30-28-26-24-22-20-17-14-11-8-5-2/h7,9-10,12,16,18-19,23,25-26,28-31,33,38,55H,4-6,8,11,13-15,17,20-22,24,27,32,34-37,39-54H2,1-3H3/b10-7-,12-9-,19-16-,25-23-,28-26-,31-29-,33-30-,38-18-. The Hall–Kier alpha value is -3.67. The van der Waals surface area contributed by atoms with Gasteiger partial charge in [-0.1, -0.05) is 201 Å². The van der Waals surface area contributed by atoms with Crippen molar-refractivity contribution in [2.45, 2.75) is 239 Å². The van der Waals surface area contributed by atoms with E-state index in [9.17, 15) is 14.4 Å². The van der Waals surface area contributed by atoms with E-state index in [0.717, 1.165) is 128 Å². The predicted molar refractivity (Wildman–Crippen MR) is 274 cm³/mol. The van der Waals surface area contributed by atoms with Crippen LogP contribution in [0.1, 0.15) is 233 Å². The molecular formula is C58H96O6. The summed E-state index contributed by atoms with van der Waals surface area (Å²) in [6.07, 6.45) is 68.3. The minimum atomic E-state index is -0.805. The monoisotopic (exact) mass is 889 g/mol. The van der Waals surface area contributed by atoms with E-state index in [1.807, 2.05) is 0 Å². The number of hydrogen-bond donors (Lipinski definition) is 0. The fraction of sp³-hybridized carbons (Fsp3) is 0.672. The number of allylic oxidation sites excluding steroid dienone is 16. The number of unbranched alkanes of at least 4 members (excludes halogenated alkanes) is 20. The van der Waals surface area contributed by atoms with Crippen LogP contribution in [-0.2, 0) is 28.6 Å². The maximum atomic E-state index is 12.8. The highest BCUT2D eigenvalue weighted by Crippen LogP contribution is 2.13. The number of esters is 3. The van der Waals surface area contributed by atoms with E-state index in [0.29, 0.717) is 19.3 Å². The Kier molecular flexibility index (Phi) is 49.0. The van der Waals surface area contributed by atoms with Crippen LogP contribution < -0.4 is 0 Å². The van der Waals surface area contributed by atoms with Crippen molar-refractivity contribution < 1.29 is 28.6 Å². The third-order valence-corrected chi connectivity index (χ3v) is 10.8. The summed E-state index contributed by atoms with van der Waals surface area (Å²) in [5.74, 6) is -0.972. The first-order valence-corrected chi connectivity index (χ1v) is 26.3. The summed E-state index contributed by atoms with van der Waals surface area (Å²) in [6, 6.07) is 0. The molecule has 0 saturated heterocycles. The van der Waals surface area contributed by atoms with Gasteiger partial charge in [0.15, 0.2) is 6.10 Å². The largest absolute Gasteiger partial charge is 0.462 e. The normalized spacial score (nSPS) is 12.9. The minimum absolute atomic E-state index is 0.103. The van der Waals surface area contributed by atoms with Gasteiger partial charge in [-0.05, 0) is 109 Å². The Balaban J connectivity index is 4.40. The maximum Gasteiger partial charge on any atom is 0.306 e. The summed E-state index contributed by atoms with van der Waals surface area (Å²) in [5, 5.41) is 0. The van der Waals surface area contributed by atoms with Crippen LogP contribution in [0, 0.1) is 0 Å². The molecule has 1 unspecified atom stereocenters. The molecule has 64 heavy (non-hydrogen) atoms. The van der Waals surface area contributed by atoms with Crippen molar-refractivity contribution in [1.82, 2.24) is 0 Å². The van der Waals surface area contributed by atoms with Gasteiger partial charge < -0.3 is 14.2 Å². The van der Waals surface area contributed by atoms with Gasteiger partial charge >= 0.3 is 17.9 Å². The van der Waals surface area contributed by atoms with Crippen molar-refractivity contribution in [3.63, 3.8) is 0 Å². The lowest BCUT2D eigenvalue weighted by molar-refractivity contribution is -0.167. The zero-order valence-corrected chi connectivity index (χ0v) is 41.5. The number of hydrogen-bond acceptors (Lipinski definition) is 6. The molecule has 0 aromatic carbocycles. The molecule has 0 aromatic heterocycles. The molecule has 1 atom stereocenters. The van der Waals surface area contributed by atoms with Crippen LogP contribution in [0.3, 0.4) is 0 Å². The predicted octanol–water partition coefficient (Wildman–Crippen LogP) is 17.4. The number of ether oxygens (including phenoxy) is 3. The zero-order chi connectivity index (χ0) is 46.5. The van der Waals surface area contributed by atoms with Crippen molar-refractivity contribution in [2.24, 2.45) is 0 Å². The van der Waals surface area contributed by atoms with Gasteiger partial charge in [0.2, 0.25) is 0 Å². The lowest BCUT2D eigenvalue weighted by Gasteiger charge is -2.18. The number of carbonyl (C=O) groups is 3. The molecule has 6 heteroatoms. The fourth-order valence-electron chi connectivity index (χ4n) is 6.93. The van der Waals surface area contributed by atoms with Crippen LogP contribution in [0.5, 0.6) is 0 Å². The second kappa shape index (κ2) is 52.0. The van der Waals surface area contributed by atoms with E-state index in [1.54, 1.807) is 0 Å². The molecule has 0 heterocycles. The van der Waals surface area contributed by atoms with Gasteiger partial charge in [-0.3, -0.25) is 14.4 Å². The molecule has 0 aliphatic carbocycles. The van der Waals surface area contributed by atoms with Gasteiger partial charge in [0, 0.05) is 19.3 Å². The van der Waals surface area contributed by atoms with Crippen LogP contribution in [0.15, 0.2) is 97.2 Å². The molecule has 0 saturated carbocycles. The van der Waals surface area contributed by atoms with Gasteiger partial charge in [-0.2, -0.15) is 0 Å². The summed E-state index contributed by atoms with van der Waals surface area (Å²) in [6.45, 7) is 6.33. The van der Waals surface area contributed by atoms with Crippen LogP contribution in [-0.4, -0.2) is 37.2 Å². The van der Waals surface area contributed by atoms with E-state index in [1.165, 1.54) is 64.2 Å². The third-order valence-electron chi connectivity index (χ3n) is 10.8. The highest BCUT2D eigenvalue weighted by molar-refractivity contribution is 5.71. The van der Waals surface area contributed by atoms with E-state index in [2.05, 4.69) is 118 Å². The van der Waals surface area contributed by atoms with Gasteiger partial charge in [-0.15, -0.1) is 0 Å². The molecule has 0 aromatic rings. The molecule has 0 N–H and O–H groups in total. The van der Waals surface area contributed by atoms with E-state index in [4.69, 9.17) is 14.2 Å². The Morgan fingerprint density at radius 2 is 0.656 bits per heavy atom. The fourth-order valence-corrected chi connectivity index (χ4v) is 6.93. The minimum Gasteiger partial charge on any atom is -0.462 e. The van der Waals surface area contributed by atoms with E-state index in [-0.39, 0.29) is 31.1 Å². The third kappa shape index (κ3) is 49.3. The Morgan fingerprint density at radius 3 is 1.08 bits per heavy atom. The Bertz CT molecular complexity index is 1300. The van der Waals surface area contributed by atoms with Crippen molar-refractivity contribution in [2.75, 3.05) is 13.2 Å². The van der Waals surface area contributed by atoms with Crippen LogP contribution >= 0.6 is 0 Å². The van der Waals surface area contributed by atoms with Gasteiger partial charge in [0.25, 0.3) is 0 Å². The molecule has 0 aliphatic rings. The Morgan fingerprint density at radius 1 is 0.344 bits per heavy atom. The summed E-state index contributed by atoms with van der Waals surface area (Å²) in [5.41, 5.74) is 0. The first-order valence-electron chi connectivity index (χ1n) is 26.3. The highest BCUT2D eigenvalue weighted by atomic mass is 16.6. The SMILES string of the molecule is CC/C=C\C/C=C\C/C=C\C/C=C\CCCCCCCCC(=O)OCC(COC(=O)CCCC/C=C\C/C=C\CC)OC(=O)CCCCCCC/C=C\C=C/CCCCCCCCC. The van der Waals surface area contributed by atoms with Gasteiger partial charge in [0.05, 0.1) is 0 Å². The summed E-state index contributed by atoms with van der Waals surface area (Å²) >= 11 is 0. The highest BCUT2D eigenvalue weighted by Gasteiger charge is 2.19. The molecule has 0 amide bonds. The smallest absolute Gasteiger partial charge is 0.306 e. The maximum absolute atomic E-state index is 12.8. The molecular weight excluding hydrogens is 793 g/mol. The lowest BCUT2D eigenvalue weighted by Crippen LogP contribution is -2.30. The molecule has 0 rings (SSSR count). The van der Waals surface area contributed by atoms with E-state index >= 15 is 0 Å².